The molecule has 0 N–H and O–H groups in total. The molecule has 2 aromatic heterocycles. The minimum Gasteiger partial charge on any atom is -0.496 e. The van der Waals surface area contributed by atoms with Crippen LogP contribution in [0, 0.1) is 6.07 Å². The predicted octanol–water partition coefficient (Wildman–Crippen LogP) is 3.81. The Morgan fingerprint density at radius 1 is 0.909 bits per heavy atom. The number of benzene rings is 2. The third-order valence-corrected chi connectivity index (χ3v) is 3.41. The van der Waals surface area contributed by atoms with E-state index in [2.05, 4.69) is 11.1 Å². The van der Waals surface area contributed by atoms with E-state index in [9.17, 15) is 4.79 Å². The molecule has 0 aliphatic heterocycles. The van der Waals surface area contributed by atoms with Crippen molar-refractivity contribution in [3.05, 3.63) is 77.2 Å². The topological polar surface area (TPSA) is 43.1 Å². The number of hydrogen-bond acceptors (Lipinski definition) is 3. The fraction of sp³-hybridized carbons (Fsp3) is 0. The molecule has 0 saturated heterocycles. The van der Waals surface area contributed by atoms with Crippen molar-refractivity contribution in [2.45, 2.75) is 0 Å². The Morgan fingerprint density at radius 2 is 1.68 bits per heavy atom. The first-order valence-electron chi connectivity index (χ1n) is 6.62. The van der Waals surface area contributed by atoms with Gasteiger partial charge in [-0.1, -0.05) is 53.9 Å². The van der Waals surface area contributed by atoms with E-state index >= 15 is 0 Å². The van der Waals surface area contributed by atoms with Crippen molar-refractivity contribution < 1.29 is 25.5 Å². The number of fused-ring (bicyclic) bond motifs is 2. The van der Waals surface area contributed by atoms with Gasteiger partial charge in [0.15, 0.2) is 0 Å². The van der Waals surface area contributed by atoms with E-state index < -0.39 is 5.63 Å². The number of nitrogens with zero attached hydrogens (tertiary/aromatic N) is 1. The molecule has 0 amide bonds. The number of rotatable bonds is 1. The molecule has 0 fully saturated rings. The summed E-state index contributed by atoms with van der Waals surface area (Å²) in [6, 6.07) is 22.0. The van der Waals surface area contributed by atoms with E-state index in [-0.39, 0.29) is 21.1 Å². The third-order valence-electron chi connectivity index (χ3n) is 3.41. The van der Waals surface area contributed by atoms with E-state index in [0.717, 1.165) is 16.3 Å². The molecule has 2 aromatic carbocycles. The number of aromatic nitrogens is 1. The second-order valence-corrected chi connectivity index (χ2v) is 4.77. The average Bonchev–Trinajstić information content (AvgIpc) is 2.54. The molecule has 0 spiro atoms. The molecule has 4 heteroatoms. The van der Waals surface area contributed by atoms with Gasteiger partial charge in [0, 0.05) is 26.8 Å². The maximum absolute atomic E-state index is 12.1. The number of pyridine rings is 1. The van der Waals surface area contributed by atoms with Gasteiger partial charge in [0.25, 0.3) is 5.63 Å². The summed E-state index contributed by atoms with van der Waals surface area (Å²) in [4.78, 5) is 16.7. The van der Waals surface area contributed by atoms with Crippen LogP contribution in [-0.4, -0.2) is 4.98 Å². The summed E-state index contributed by atoms with van der Waals surface area (Å²) in [5, 5.41) is 1.80. The number of para-hydroxylation sites is 2. The van der Waals surface area contributed by atoms with Gasteiger partial charge in [-0.3, -0.25) is 9.78 Å². The first-order chi connectivity index (χ1) is 10.3. The van der Waals surface area contributed by atoms with Crippen molar-refractivity contribution in [1.82, 2.24) is 4.98 Å². The Bertz CT molecular complexity index is 1020. The zero-order valence-electron chi connectivity index (χ0n) is 11.4. The molecular weight excluding hydrogens is 457 g/mol. The van der Waals surface area contributed by atoms with Crippen LogP contribution >= 0.6 is 0 Å². The number of hydrogen-bond donors (Lipinski definition) is 0. The second kappa shape index (κ2) is 5.86. The van der Waals surface area contributed by atoms with Crippen LogP contribution in [0.25, 0.3) is 33.1 Å². The Labute approximate surface area is 140 Å². The zero-order chi connectivity index (χ0) is 14.2. The summed E-state index contributed by atoms with van der Waals surface area (Å²) < 4.78 is 5.33. The Morgan fingerprint density at radius 3 is 2.59 bits per heavy atom. The minimum atomic E-state index is -0.420. The van der Waals surface area contributed by atoms with E-state index in [1.807, 2.05) is 54.6 Å². The molecule has 2 heterocycles. The largest absolute Gasteiger partial charge is 0.496 e. The van der Waals surface area contributed by atoms with Gasteiger partial charge < -0.3 is 4.42 Å². The first kappa shape index (κ1) is 14.7. The summed E-state index contributed by atoms with van der Waals surface area (Å²) in [5.74, 6) is 0. The van der Waals surface area contributed by atoms with Crippen LogP contribution in [-0.2, 0) is 21.1 Å². The van der Waals surface area contributed by atoms with Gasteiger partial charge in [-0.05, 0) is 17.0 Å². The van der Waals surface area contributed by atoms with Crippen molar-refractivity contribution in [2.75, 3.05) is 0 Å². The molecule has 3 nitrogen and oxygen atoms in total. The molecule has 0 aliphatic rings. The van der Waals surface area contributed by atoms with E-state index in [0.29, 0.717) is 16.8 Å². The SMILES string of the molecule is O=c1oc2ccccc2[c-]c1-c1ccc2ccccc2n1.[Pt]. The smallest absolute Gasteiger partial charge is 0.268 e. The van der Waals surface area contributed by atoms with Gasteiger partial charge in [-0.15, -0.1) is 12.1 Å². The van der Waals surface area contributed by atoms with Crippen LogP contribution in [0.2, 0.25) is 0 Å². The van der Waals surface area contributed by atoms with Gasteiger partial charge in [-0.2, -0.15) is 0 Å². The monoisotopic (exact) mass is 467 g/mol. The van der Waals surface area contributed by atoms with E-state index in [1.165, 1.54) is 0 Å². The Balaban J connectivity index is 0.00000144. The molecule has 22 heavy (non-hydrogen) atoms. The molecule has 0 radical (unpaired) electrons. The van der Waals surface area contributed by atoms with Gasteiger partial charge >= 0.3 is 0 Å². The molecule has 0 bridgehead atoms. The summed E-state index contributed by atoms with van der Waals surface area (Å²) >= 11 is 0. The van der Waals surface area contributed by atoms with Gasteiger partial charge in [-0.25, -0.2) is 0 Å². The van der Waals surface area contributed by atoms with Crippen molar-refractivity contribution in [2.24, 2.45) is 0 Å². The fourth-order valence-corrected chi connectivity index (χ4v) is 2.37. The van der Waals surface area contributed by atoms with Crippen molar-refractivity contribution >= 4 is 21.9 Å². The van der Waals surface area contributed by atoms with Crippen molar-refractivity contribution in [1.29, 1.82) is 0 Å². The minimum absolute atomic E-state index is 0. The van der Waals surface area contributed by atoms with Crippen LogP contribution in [0.1, 0.15) is 0 Å². The molecule has 4 aromatic rings. The van der Waals surface area contributed by atoms with Crippen molar-refractivity contribution in [3.8, 4) is 11.3 Å². The fourth-order valence-electron chi connectivity index (χ4n) is 2.37. The van der Waals surface area contributed by atoms with Crippen LogP contribution in [0.5, 0.6) is 0 Å². The zero-order valence-corrected chi connectivity index (χ0v) is 13.6. The molecule has 110 valence electrons. The Kier molecular flexibility index (Phi) is 3.91. The Hall–Kier alpha value is -2.25. The summed E-state index contributed by atoms with van der Waals surface area (Å²) in [6.07, 6.45) is 0. The normalized spacial score (nSPS) is 10.5. The first-order valence-corrected chi connectivity index (χ1v) is 6.62. The average molecular weight is 467 g/mol. The van der Waals surface area contributed by atoms with Crippen LogP contribution in [0.4, 0.5) is 0 Å². The predicted molar refractivity (Wildman–Crippen MR) is 82.1 cm³/mol. The molecule has 4 rings (SSSR count). The van der Waals surface area contributed by atoms with E-state index in [1.54, 1.807) is 6.07 Å². The molecular formula is C18H10NO2Pt-. The van der Waals surface area contributed by atoms with E-state index in [4.69, 9.17) is 4.42 Å². The standard InChI is InChI=1S/C18H10NO2.Pt/c20-18-14(11-13-6-2-4-8-17(13)21-18)16-10-9-12-5-1-3-7-15(12)19-16;/h1-10H;/q-1;. The third kappa shape index (κ3) is 2.49. The van der Waals surface area contributed by atoms with Gasteiger partial charge in [0.2, 0.25) is 0 Å². The molecule has 0 aliphatic carbocycles. The van der Waals surface area contributed by atoms with Crippen LogP contribution < -0.4 is 5.63 Å². The summed E-state index contributed by atoms with van der Waals surface area (Å²) in [6.45, 7) is 0. The molecule has 0 saturated carbocycles. The van der Waals surface area contributed by atoms with Crippen molar-refractivity contribution in [3.63, 3.8) is 0 Å². The summed E-state index contributed by atoms with van der Waals surface area (Å²) in [5.41, 5.74) is 1.90. The van der Waals surface area contributed by atoms with Crippen LogP contribution in [0.15, 0.2) is 69.9 Å². The van der Waals surface area contributed by atoms with Gasteiger partial charge in [0.1, 0.15) is 0 Å². The maximum atomic E-state index is 12.1. The van der Waals surface area contributed by atoms with Gasteiger partial charge in [0.05, 0.1) is 11.1 Å². The quantitative estimate of drug-likeness (QED) is 0.316. The molecule has 0 unspecified atom stereocenters. The second-order valence-electron chi connectivity index (χ2n) is 4.77. The maximum Gasteiger partial charge on any atom is 0.268 e. The summed E-state index contributed by atoms with van der Waals surface area (Å²) in [7, 11) is 0. The molecule has 0 atom stereocenters. The van der Waals surface area contributed by atoms with Crippen LogP contribution in [0.3, 0.4) is 0 Å².